The highest BCUT2D eigenvalue weighted by molar-refractivity contribution is 5.72. The Labute approximate surface area is 204 Å². The molecule has 0 saturated heterocycles. The molecule has 35 heavy (non-hydrogen) atoms. The van der Waals surface area contributed by atoms with Crippen LogP contribution in [0, 0.1) is 0 Å². The Balaban J connectivity index is 1.40. The van der Waals surface area contributed by atoms with Crippen molar-refractivity contribution in [3.8, 4) is 5.75 Å². The van der Waals surface area contributed by atoms with Crippen molar-refractivity contribution in [2.45, 2.75) is 44.2 Å². The first-order chi connectivity index (χ1) is 17.2. The Bertz CT molecular complexity index is 1280. The van der Waals surface area contributed by atoms with Gasteiger partial charge >= 0.3 is 5.97 Å². The van der Waals surface area contributed by atoms with Gasteiger partial charge in [0.05, 0.1) is 19.1 Å². The molecule has 7 heteroatoms. The lowest BCUT2D eigenvalue weighted by molar-refractivity contribution is -0.145. The van der Waals surface area contributed by atoms with Crippen LogP contribution in [0.2, 0.25) is 0 Å². The number of carboxylic acid groups (broad SMARTS) is 1. The minimum absolute atomic E-state index is 0.0939. The normalized spacial score (nSPS) is 16.4. The number of nitrogens with zero attached hydrogens (tertiary/aromatic N) is 3. The first kappa shape index (κ1) is 22.7. The number of aromatic nitrogens is 2. The van der Waals surface area contributed by atoms with Gasteiger partial charge in [0.15, 0.2) is 0 Å². The molecule has 0 radical (unpaired) electrons. The molecule has 1 aliphatic heterocycles. The maximum Gasteiger partial charge on any atom is 0.346 e. The number of ether oxygens (including phenoxy) is 1. The van der Waals surface area contributed by atoms with Crippen molar-refractivity contribution in [2.24, 2.45) is 4.99 Å². The highest BCUT2D eigenvalue weighted by Crippen LogP contribution is 2.33. The van der Waals surface area contributed by atoms with Crippen molar-refractivity contribution in [3.63, 3.8) is 0 Å². The third-order valence-corrected chi connectivity index (χ3v) is 6.45. The number of aryl methyl sites for hydroxylation is 1. The zero-order valence-electron chi connectivity index (χ0n) is 19.4. The van der Waals surface area contributed by atoms with Crippen molar-refractivity contribution in [3.05, 3.63) is 107 Å². The molecule has 7 nitrogen and oxygen atoms in total. The number of aliphatic imine (C=N–C) groups is 1. The highest BCUT2D eigenvalue weighted by atomic mass is 16.5. The molecule has 3 aromatic rings. The van der Waals surface area contributed by atoms with E-state index in [0.29, 0.717) is 5.75 Å². The van der Waals surface area contributed by atoms with Gasteiger partial charge in [-0.05, 0) is 60.1 Å². The average Bonchev–Trinajstić information content (AvgIpc) is 3.17. The summed E-state index contributed by atoms with van der Waals surface area (Å²) in [4.78, 5) is 16.4. The molecule has 2 N–H and O–H groups in total. The van der Waals surface area contributed by atoms with E-state index >= 15 is 0 Å². The Morgan fingerprint density at radius 1 is 1.09 bits per heavy atom. The molecule has 0 bridgehead atoms. The summed E-state index contributed by atoms with van der Waals surface area (Å²) >= 11 is 0. The fourth-order valence-corrected chi connectivity index (χ4v) is 4.76. The third kappa shape index (κ3) is 5.19. The van der Waals surface area contributed by atoms with Crippen LogP contribution in [0.1, 0.15) is 41.0 Å². The van der Waals surface area contributed by atoms with Gasteiger partial charge in [-0.25, -0.2) is 9.79 Å². The molecule has 2 aliphatic rings. The van der Waals surface area contributed by atoms with Crippen LogP contribution in [0.3, 0.4) is 0 Å². The summed E-state index contributed by atoms with van der Waals surface area (Å²) in [7, 11) is 0. The molecule has 2 unspecified atom stereocenters. The van der Waals surface area contributed by atoms with Crippen LogP contribution in [-0.2, 0) is 24.2 Å². The summed E-state index contributed by atoms with van der Waals surface area (Å²) < 4.78 is 7.71. The third-order valence-electron chi connectivity index (χ3n) is 6.45. The number of benzene rings is 2. The monoisotopic (exact) mass is 468 g/mol. The summed E-state index contributed by atoms with van der Waals surface area (Å²) in [6.45, 7) is 0.106. The molecule has 2 atom stereocenters. The molecule has 2 heterocycles. The topological polar surface area (TPSA) is 88.7 Å². The fraction of sp³-hybridized carbons (Fsp3) is 0.250. The molecular formula is C28H28N4O3. The lowest BCUT2D eigenvalue weighted by atomic mass is 9.87. The smallest absolute Gasteiger partial charge is 0.346 e. The van der Waals surface area contributed by atoms with E-state index in [9.17, 15) is 9.90 Å². The van der Waals surface area contributed by atoms with E-state index < -0.39 is 12.1 Å². The van der Waals surface area contributed by atoms with Crippen molar-refractivity contribution in [2.75, 3.05) is 0 Å². The predicted molar refractivity (Wildman–Crippen MR) is 134 cm³/mol. The van der Waals surface area contributed by atoms with Crippen molar-refractivity contribution < 1.29 is 14.6 Å². The van der Waals surface area contributed by atoms with Gasteiger partial charge in [-0.1, -0.05) is 42.5 Å². The Morgan fingerprint density at radius 2 is 1.94 bits per heavy atom. The number of hydrogen-bond acceptors (Lipinski definition) is 5. The molecule has 1 aliphatic carbocycles. The van der Waals surface area contributed by atoms with Crippen LogP contribution in [0.25, 0.3) is 0 Å². The number of fused-ring (bicyclic) bond motifs is 1. The van der Waals surface area contributed by atoms with Gasteiger partial charge in [0.1, 0.15) is 5.75 Å². The highest BCUT2D eigenvalue weighted by Gasteiger charge is 2.25. The summed E-state index contributed by atoms with van der Waals surface area (Å²) in [6, 6.07) is 16.1. The molecule has 0 amide bonds. The molecule has 0 spiro atoms. The molecule has 5 rings (SSSR count). The van der Waals surface area contributed by atoms with E-state index in [1.165, 1.54) is 5.56 Å². The molecule has 2 aromatic carbocycles. The lowest BCUT2D eigenvalue weighted by Crippen LogP contribution is -2.32. The van der Waals surface area contributed by atoms with E-state index in [1.807, 2.05) is 55.0 Å². The van der Waals surface area contributed by atoms with Crippen LogP contribution in [-0.4, -0.2) is 33.3 Å². The van der Waals surface area contributed by atoms with E-state index in [1.54, 1.807) is 17.2 Å². The van der Waals surface area contributed by atoms with Gasteiger partial charge in [-0.15, -0.1) is 0 Å². The zero-order chi connectivity index (χ0) is 24.0. The van der Waals surface area contributed by atoms with Crippen molar-refractivity contribution in [1.82, 2.24) is 15.1 Å². The van der Waals surface area contributed by atoms with Crippen LogP contribution in [0.5, 0.6) is 5.75 Å². The molecule has 1 aromatic heterocycles. The summed E-state index contributed by atoms with van der Waals surface area (Å²) in [6.07, 6.45) is 14.1. The van der Waals surface area contributed by atoms with Gasteiger partial charge < -0.3 is 15.2 Å². The maximum atomic E-state index is 12.1. The minimum Gasteiger partial charge on any atom is -0.478 e. The second kappa shape index (κ2) is 10.4. The van der Waals surface area contributed by atoms with E-state index in [4.69, 9.17) is 4.74 Å². The minimum atomic E-state index is -1.04. The van der Waals surface area contributed by atoms with E-state index in [-0.39, 0.29) is 12.5 Å². The Hall–Kier alpha value is -4.13. The largest absolute Gasteiger partial charge is 0.478 e. The summed E-state index contributed by atoms with van der Waals surface area (Å²) in [5.41, 5.74) is 5.44. The molecule has 178 valence electrons. The predicted octanol–water partition coefficient (Wildman–Crippen LogP) is 4.46. The van der Waals surface area contributed by atoms with Crippen LogP contribution >= 0.6 is 0 Å². The average molecular weight is 469 g/mol. The molecule has 0 fully saturated rings. The van der Waals surface area contributed by atoms with E-state index in [2.05, 4.69) is 33.6 Å². The van der Waals surface area contributed by atoms with Gasteiger partial charge in [-0.2, -0.15) is 5.10 Å². The number of carbonyl (C=O) groups is 1. The number of hydrogen-bond donors (Lipinski definition) is 2. The van der Waals surface area contributed by atoms with Gasteiger partial charge in [0, 0.05) is 30.1 Å². The second-order valence-electron chi connectivity index (χ2n) is 8.79. The number of nitrogens with one attached hydrogen (secondary N) is 1. The number of allylic oxidation sites excluding steroid dienone is 2. The quantitative estimate of drug-likeness (QED) is 0.510. The number of aliphatic carboxylic acids is 1. The van der Waals surface area contributed by atoms with Gasteiger partial charge in [0.25, 0.3) is 0 Å². The fourth-order valence-electron chi connectivity index (χ4n) is 4.76. The number of rotatable bonds is 8. The van der Waals surface area contributed by atoms with Crippen molar-refractivity contribution >= 4 is 12.3 Å². The Kier molecular flexibility index (Phi) is 6.75. The first-order valence-electron chi connectivity index (χ1n) is 11.9. The summed E-state index contributed by atoms with van der Waals surface area (Å²) in [5.74, 6) is -0.434. The van der Waals surface area contributed by atoms with Gasteiger partial charge in [0.2, 0.25) is 6.10 Å². The Morgan fingerprint density at radius 3 is 2.80 bits per heavy atom. The van der Waals surface area contributed by atoms with Crippen molar-refractivity contribution in [1.29, 1.82) is 0 Å². The molecule has 0 saturated carbocycles. The first-order valence-corrected chi connectivity index (χ1v) is 11.9. The summed E-state index contributed by atoms with van der Waals surface area (Å²) in [5, 5.41) is 17.4. The van der Waals surface area contributed by atoms with Crippen LogP contribution in [0.4, 0.5) is 0 Å². The van der Waals surface area contributed by atoms with Gasteiger partial charge in [-0.3, -0.25) is 4.68 Å². The maximum absolute atomic E-state index is 12.1. The SMILES string of the molecule is O=C(O)C(Cn1cc(C(C2=CN=CNC=C2)c2ccccc2)cn1)Oc1cccc2c1CCCC2. The van der Waals surface area contributed by atoms with Crippen LogP contribution in [0.15, 0.2) is 90.0 Å². The van der Waals surface area contributed by atoms with E-state index in [0.717, 1.165) is 47.9 Å². The molecular weight excluding hydrogens is 440 g/mol. The second-order valence-corrected chi connectivity index (χ2v) is 8.79. The van der Waals surface area contributed by atoms with Crippen LogP contribution < -0.4 is 10.1 Å². The standard InChI is InChI=1S/C28H28N4O3/c33-28(34)26(35-25-12-6-10-20-7-4-5-11-24(20)25)18-32-17-23(16-31-32)27(21-8-2-1-3-9-21)22-13-14-29-19-30-15-22/h1-3,6,8-10,12-17,19,26-27H,4-5,7,11,18H2,(H,29,30)(H,33,34). The lowest BCUT2D eigenvalue weighted by Gasteiger charge is -2.22. The number of carboxylic acids is 1. The zero-order valence-corrected chi connectivity index (χ0v) is 19.4.